The summed E-state index contributed by atoms with van der Waals surface area (Å²) in [6, 6.07) is 14.3. The molecule has 1 aromatic heterocycles. The Balaban J connectivity index is 1.73. The summed E-state index contributed by atoms with van der Waals surface area (Å²) < 4.78 is 7.31. The molecule has 1 amide bonds. The number of rotatable bonds is 2. The highest BCUT2D eigenvalue weighted by Gasteiger charge is 2.29. The van der Waals surface area contributed by atoms with Crippen molar-refractivity contribution in [2.24, 2.45) is 0 Å². The molecule has 2 aromatic carbocycles. The summed E-state index contributed by atoms with van der Waals surface area (Å²) in [6.07, 6.45) is 6.25. The van der Waals surface area contributed by atoms with E-state index in [2.05, 4.69) is 33.4 Å². The van der Waals surface area contributed by atoms with Crippen LogP contribution in [0.5, 0.6) is 0 Å². The first-order valence-electron chi connectivity index (χ1n) is 9.66. The molecule has 140 valence electrons. The van der Waals surface area contributed by atoms with Crippen molar-refractivity contribution in [1.29, 1.82) is 0 Å². The highest BCUT2D eigenvalue weighted by molar-refractivity contribution is 9.10. The van der Waals surface area contributed by atoms with E-state index in [9.17, 15) is 4.79 Å². The zero-order valence-corrected chi connectivity index (χ0v) is 17.2. The maximum absolute atomic E-state index is 12.8. The van der Waals surface area contributed by atoms with Crippen LogP contribution in [0.15, 0.2) is 51.4 Å². The number of hydrogen-bond acceptors (Lipinski definition) is 2. The van der Waals surface area contributed by atoms with Crippen LogP contribution in [-0.4, -0.2) is 5.91 Å². The van der Waals surface area contributed by atoms with E-state index in [4.69, 9.17) is 4.42 Å². The second-order valence-corrected chi connectivity index (χ2v) is 8.28. The van der Waals surface area contributed by atoms with E-state index >= 15 is 0 Å². The summed E-state index contributed by atoms with van der Waals surface area (Å²) in [6.45, 7) is 2.03. The van der Waals surface area contributed by atoms with Crippen molar-refractivity contribution in [1.82, 2.24) is 0 Å². The SMILES string of the molecule is Cc1c(Br)ccc2c1C(=Cc1oc3c(c1-c1ccccc1)CCCC3)C(=O)N2. The minimum absolute atomic E-state index is 0.0791. The molecule has 1 N–H and O–H groups in total. The lowest BCUT2D eigenvalue weighted by atomic mass is 9.90. The quantitative estimate of drug-likeness (QED) is 0.475. The van der Waals surface area contributed by atoms with Gasteiger partial charge in [0.05, 0.1) is 5.57 Å². The van der Waals surface area contributed by atoms with Gasteiger partial charge in [0.25, 0.3) is 5.91 Å². The number of furan rings is 1. The van der Waals surface area contributed by atoms with Gasteiger partial charge in [0, 0.05) is 33.3 Å². The second kappa shape index (κ2) is 6.78. The van der Waals surface area contributed by atoms with Crippen LogP contribution in [0, 0.1) is 6.92 Å². The average molecular weight is 434 g/mol. The van der Waals surface area contributed by atoms with Crippen LogP contribution in [0.3, 0.4) is 0 Å². The Labute approximate surface area is 172 Å². The smallest absolute Gasteiger partial charge is 0.256 e. The third kappa shape index (κ3) is 2.75. The molecule has 1 aliphatic heterocycles. The fraction of sp³-hybridized carbons (Fsp3) is 0.208. The zero-order chi connectivity index (χ0) is 19.3. The van der Waals surface area contributed by atoms with Crippen molar-refractivity contribution in [3.05, 3.63) is 75.1 Å². The highest BCUT2D eigenvalue weighted by atomic mass is 79.9. The first kappa shape index (κ1) is 17.5. The first-order chi connectivity index (χ1) is 13.6. The normalized spacial score (nSPS) is 16.8. The van der Waals surface area contributed by atoms with Gasteiger partial charge in [-0.15, -0.1) is 0 Å². The van der Waals surface area contributed by atoms with Crippen LogP contribution in [0.2, 0.25) is 0 Å². The Morgan fingerprint density at radius 2 is 1.82 bits per heavy atom. The lowest BCUT2D eigenvalue weighted by Gasteiger charge is -2.11. The lowest BCUT2D eigenvalue weighted by molar-refractivity contribution is -0.110. The molecule has 0 saturated carbocycles. The van der Waals surface area contributed by atoms with Crippen molar-refractivity contribution in [3.63, 3.8) is 0 Å². The number of benzene rings is 2. The number of hydrogen-bond donors (Lipinski definition) is 1. The van der Waals surface area contributed by atoms with E-state index in [1.54, 1.807) is 0 Å². The molecule has 0 fully saturated rings. The number of anilines is 1. The maximum atomic E-state index is 12.8. The summed E-state index contributed by atoms with van der Waals surface area (Å²) in [7, 11) is 0. The third-order valence-corrected chi connectivity index (χ3v) is 6.56. The monoisotopic (exact) mass is 433 g/mol. The van der Waals surface area contributed by atoms with Crippen LogP contribution >= 0.6 is 15.9 Å². The highest BCUT2D eigenvalue weighted by Crippen LogP contribution is 2.42. The molecule has 3 aromatic rings. The maximum Gasteiger partial charge on any atom is 0.256 e. The molecule has 0 atom stereocenters. The number of aryl methyl sites for hydroxylation is 1. The van der Waals surface area contributed by atoms with Crippen molar-refractivity contribution in [2.45, 2.75) is 32.6 Å². The molecule has 2 heterocycles. The molecule has 0 spiro atoms. The van der Waals surface area contributed by atoms with Crippen LogP contribution in [0.25, 0.3) is 22.8 Å². The molecule has 3 nitrogen and oxygen atoms in total. The standard InChI is InChI=1S/C24H20BrNO2/c1-14-18(25)11-12-19-22(14)17(24(27)26-19)13-21-23(15-7-3-2-4-8-15)16-9-5-6-10-20(16)28-21/h2-4,7-8,11-13H,5-6,9-10H2,1H3,(H,26,27). The molecule has 28 heavy (non-hydrogen) atoms. The summed E-state index contributed by atoms with van der Waals surface area (Å²) in [4.78, 5) is 12.8. The Morgan fingerprint density at radius 3 is 2.64 bits per heavy atom. The van der Waals surface area contributed by atoms with E-state index in [1.165, 1.54) is 12.0 Å². The number of halogens is 1. The summed E-state index contributed by atoms with van der Waals surface area (Å²) in [5, 5.41) is 2.99. The topological polar surface area (TPSA) is 42.2 Å². The van der Waals surface area contributed by atoms with Gasteiger partial charge in [0.1, 0.15) is 11.5 Å². The molecule has 4 heteroatoms. The number of fused-ring (bicyclic) bond motifs is 2. The van der Waals surface area contributed by atoms with Gasteiger partial charge in [-0.1, -0.05) is 46.3 Å². The van der Waals surface area contributed by atoms with E-state index < -0.39 is 0 Å². The van der Waals surface area contributed by atoms with Crippen LogP contribution in [0.4, 0.5) is 5.69 Å². The van der Waals surface area contributed by atoms with Crippen LogP contribution in [-0.2, 0) is 17.6 Å². The molecule has 0 radical (unpaired) electrons. The minimum atomic E-state index is -0.0791. The molecule has 0 saturated heterocycles. The summed E-state index contributed by atoms with van der Waals surface area (Å²) in [5.41, 5.74) is 7.11. The van der Waals surface area contributed by atoms with Gasteiger partial charge in [0.2, 0.25) is 0 Å². The fourth-order valence-corrected chi connectivity index (χ4v) is 4.65. The molecule has 0 bridgehead atoms. The number of amides is 1. The average Bonchev–Trinajstić information content (AvgIpc) is 3.23. The fourth-order valence-electron chi connectivity index (χ4n) is 4.32. The van der Waals surface area contributed by atoms with E-state index in [0.29, 0.717) is 5.57 Å². The Bertz CT molecular complexity index is 1130. The van der Waals surface area contributed by atoms with Gasteiger partial charge in [-0.2, -0.15) is 0 Å². The van der Waals surface area contributed by atoms with E-state index in [-0.39, 0.29) is 5.91 Å². The predicted octanol–water partition coefficient (Wildman–Crippen LogP) is 6.39. The van der Waals surface area contributed by atoms with Crippen molar-refractivity contribution in [2.75, 3.05) is 5.32 Å². The molecule has 5 rings (SSSR count). The van der Waals surface area contributed by atoms with Gasteiger partial charge in [-0.05, 0) is 55.5 Å². The van der Waals surface area contributed by atoms with Gasteiger partial charge in [-0.25, -0.2) is 0 Å². The van der Waals surface area contributed by atoms with Gasteiger partial charge < -0.3 is 9.73 Å². The Morgan fingerprint density at radius 1 is 1.04 bits per heavy atom. The summed E-state index contributed by atoms with van der Waals surface area (Å²) >= 11 is 3.59. The lowest BCUT2D eigenvalue weighted by Crippen LogP contribution is -2.03. The first-order valence-corrected chi connectivity index (χ1v) is 10.5. The van der Waals surface area contributed by atoms with Crippen LogP contribution < -0.4 is 5.32 Å². The Hall–Kier alpha value is -2.59. The van der Waals surface area contributed by atoms with Crippen LogP contribution in [0.1, 0.15) is 41.1 Å². The second-order valence-electron chi connectivity index (χ2n) is 7.42. The minimum Gasteiger partial charge on any atom is -0.461 e. The molecule has 0 unspecified atom stereocenters. The number of carbonyl (C=O) groups excluding carboxylic acids is 1. The van der Waals surface area contributed by atoms with Gasteiger partial charge >= 0.3 is 0 Å². The molecular formula is C24H20BrNO2. The number of carbonyl (C=O) groups is 1. The third-order valence-electron chi connectivity index (χ3n) is 5.70. The molecular weight excluding hydrogens is 414 g/mol. The predicted molar refractivity (Wildman–Crippen MR) is 116 cm³/mol. The van der Waals surface area contributed by atoms with E-state index in [0.717, 1.165) is 63.2 Å². The van der Waals surface area contributed by atoms with Gasteiger partial charge in [0.15, 0.2) is 0 Å². The zero-order valence-electron chi connectivity index (χ0n) is 15.6. The summed E-state index contributed by atoms with van der Waals surface area (Å²) in [5.74, 6) is 1.78. The van der Waals surface area contributed by atoms with Crippen molar-refractivity contribution < 1.29 is 9.21 Å². The largest absolute Gasteiger partial charge is 0.461 e. The van der Waals surface area contributed by atoms with Crippen molar-refractivity contribution >= 4 is 39.2 Å². The molecule has 1 aliphatic carbocycles. The Kier molecular flexibility index (Phi) is 4.24. The number of nitrogens with one attached hydrogen (secondary N) is 1. The molecule has 2 aliphatic rings. The van der Waals surface area contributed by atoms with E-state index in [1.807, 2.05) is 43.3 Å². The van der Waals surface area contributed by atoms with Crippen molar-refractivity contribution in [3.8, 4) is 11.1 Å². The van der Waals surface area contributed by atoms with Gasteiger partial charge in [-0.3, -0.25) is 4.79 Å².